The van der Waals surface area contributed by atoms with Crippen LogP contribution in [0, 0.1) is 0 Å². The molecule has 0 radical (unpaired) electrons. The van der Waals surface area contributed by atoms with Crippen LogP contribution in [0.3, 0.4) is 0 Å². The van der Waals surface area contributed by atoms with E-state index < -0.39 is 13.9 Å². The molecule has 32 heavy (non-hydrogen) atoms. The quantitative estimate of drug-likeness (QED) is 0.129. The first-order chi connectivity index (χ1) is 15.3. The lowest BCUT2D eigenvalue weighted by Gasteiger charge is -2.20. The van der Waals surface area contributed by atoms with Crippen LogP contribution in [0.5, 0.6) is 0 Å². The summed E-state index contributed by atoms with van der Waals surface area (Å²) in [6.07, 6.45) is 11.7. The summed E-state index contributed by atoms with van der Waals surface area (Å²) < 4.78 is 33.3. The van der Waals surface area contributed by atoms with E-state index in [0.717, 1.165) is 43.4 Å². The fraction of sp³-hybridized carbons (Fsp3) is 0.957. The molecule has 0 aliphatic carbocycles. The first kappa shape index (κ1) is 31.5. The van der Waals surface area contributed by atoms with Crippen LogP contribution in [0.2, 0.25) is 0 Å². The molecule has 0 saturated carbocycles. The van der Waals surface area contributed by atoms with Crippen LogP contribution in [0.25, 0.3) is 0 Å². The summed E-state index contributed by atoms with van der Waals surface area (Å²) in [7, 11) is -0.357. The van der Waals surface area contributed by atoms with E-state index in [1.165, 1.54) is 32.1 Å². The molecular weight excluding hydrogens is 433 g/mol. The van der Waals surface area contributed by atoms with Gasteiger partial charge in [0.1, 0.15) is 19.3 Å². The second kappa shape index (κ2) is 21.1. The number of quaternary nitrogens is 1. The second-order valence-corrected chi connectivity index (χ2v) is 10.1. The van der Waals surface area contributed by atoms with Gasteiger partial charge in [-0.05, 0) is 12.8 Å². The minimum Gasteiger partial charge on any atom is -0.457 e. The summed E-state index contributed by atoms with van der Waals surface area (Å²) in [5.74, 6) is -0.330. The van der Waals surface area contributed by atoms with Gasteiger partial charge in [-0.3, -0.25) is 13.8 Å². The number of rotatable bonds is 23. The Balaban J connectivity index is 4.38. The molecule has 0 aliphatic heterocycles. The average Bonchev–Trinajstić information content (AvgIpc) is 2.73. The number of carbonyl (C=O) groups excluding carboxylic acids is 1. The zero-order valence-electron chi connectivity index (χ0n) is 20.9. The third-order valence-corrected chi connectivity index (χ3v) is 5.99. The van der Waals surface area contributed by atoms with Gasteiger partial charge in [-0.25, -0.2) is 4.57 Å². The molecule has 0 rings (SSSR count). The third-order valence-electron chi connectivity index (χ3n) is 5.01. The molecule has 2 atom stereocenters. The van der Waals surface area contributed by atoms with Gasteiger partial charge in [-0.1, -0.05) is 71.6 Å². The van der Waals surface area contributed by atoms with Gasteiger partial charge in [0.2, 0.25) is 0 Å². The molecule has 9 heteroatoms. The number of phosphoric ester groups is 1. The largest absolute Gasteiger partial charge is 0.472 e. The van der Waals surface area contributed by atoms with Crippen molar-refractivity contribution < 1.29 is 37.7 Å². The molecule has 0 aromatic heterocycles. The zero-order chi connectivity index (χ0) is 24.1. The maximum Gasteiger partial charge on any atom is 0.472 e. The van der Waals surface area contributed by atoms with E-state index in [-0.39, 0.29) is 25.8 Å². The Morgan fingerprint density at radius 1 is 0.844 bits per heavy atom. The predicted molar refractivity (Wildman–Crippen MR) is 127 cm³/mol. The zero-order valence-corrected chi connectivity index (χ0v) is 21.8. The molecule has 0 saturated heterocycles. The van der Waals surface area contributed by atoms with Gasteiger partial charge < -0.3 is 19.3 Å². The molecule has 2 unspecified atom stereocenters. The summed E-state index contributed by atoms with van der Waals surface area (Å²) in [5, 5.41) is 0. The molecule has 0 aliphatic rings. The molecule has 0 aromatic rings. The van der Waals surface area contributed by atoms with Crippen molar-refractivity contribution in [1.82, 2.24) is 0 Å². The number of carbonyl (C=O) groups is 1. The number of likely N-dealkylation sites (N-methyl/N-ethyl adjacent to an activating group) is 1. The van der Waals surface area contributed by atoms with Gasteiger partial charge in [-0.2, -0.15) is 0 Å². The number of hydrogen-bond donors (Lipinski definition) is 2. The van der Waals surface area contributed by atoms with Gasteiger partial charge in [-0.15, -0.1) is 0 Å². The van der Waals surface area contributed by atoms with Crippen molar-refractivity contribution in [3.05, 3.63) is 0 Å². The smallest absolute Gasteiger partial charge is 0.457 e. The first-order valence-electron chi connectivity index (χ1n) is 12.5. The summed E-state index contributed by atoms with van der Waals surface area (Å²) in [6, 6.07) is 0. The van der Waals surface area contributed by atoms with Crippen molar-refractivity contribution in [2.75, 3.05) is 47.1 Å². The van der Waals surface area contributed by atoms with Crippen LogP contribution in [0.15, 0.2) is 0 Å². The van der Waals surface area contributed by atoms with E-state index in [1.54, 1.807) is 0 Å². The van der Waals surface area contributed by atoms with Crippen LogP contribution < -0.4 is 4.90 Å². The fourth-order valence-corrected chi connectivity index (χ4v) is 3.76. The number of phosphoric acid groups is 1. The van der Waals surface area contributed by atoms with E-state index in [0.29, 0.717) is 19.6 Å². The second-order valence-electron chi connectivity index (χ2n) is 8.67. The molecule has 0 heterocycles. The Morgan fingerprint density at radius 3 is 2.06 bits per heavy atom. The van der Waals surface area contributed by atoms with Gasteiger partial charge >= 0.3 is 13.8 Å². The van der Waals surface area contributed by atoms with Gasteiger partial charge in [0, 0.05) is 13.0 Å². The number of nitrogens with one attached hydrogen (secondary N) is 1. The van der Waals surface area contributed by atoms with E-state index >= 15 is 0 Å². The number of unbranched alkanes of at least 4 members (excludes halogenated alkanes) is 9. The molecule has 0 spiro atoms. The Kier molecular flexibility index (Phi) is 20.7. The lowest BCUT2D eigenvalue weighted by molar-refractivity contribution is -0.858. The topological polar surface area (TPSA) is 95.7 Å². The fourth-order valence-electron chi connectivity index (χ4n) is 3.01. The molecular formula is C23H49NO7P+. The highest BCUT2D eigenvalue weighted by Gasteiger charge is 2.25. The van der Waals surface area contributed by atoms with Crippen molar-refractivity contribution in [1.29, 1.82) is 0 Å². The molecule has 0 amide bonds. The number of hydrogen-bond acceptors (Lipinski definition) is 6. The average molecular weight is 483 g/mol. The summed E-state index contributed by atoms with van der Waals surface area (Å²) in [4.78, 5) is 23.2. The van der Waals surface area contributed by atoms with Crippen molar-refractivity contribution in [3.8, 4) is 0 Å². The highest BCUT2D eigenvalue weighted by atomic mass is 31.2. The maximum absolute atomic E-state index is 12.2. The third kappa shape index (κ3) is 21.4. The van der Waals surface area contributed by atoms with Crippen LogP contribution >= 0.6 is 7.82 Å². The maximum atomic E-state index is 12.2. The van der Waals surface area contributed by atoms with E-state index in [2.05, 4.69) is 13.8 Å². The minimum absolute atomic E-state index is 0.104. The van der Waals surface area contributed by atoms with E-state index in [1.807, 2.05) is 14.1 Å². The molecule has 0 aromatic carbocycles. The Morgan fingerprint density at radius 2 is 1.44 bits per heavy atom. The van der Waals surface area contributed by atoms with E-state index in [9.17, 15) is 14.3 Å². The monoisotopic (exact) mass is 482 g/mol. The molecule has 192 valence electrons. The summed E-state index contributed by atoms with van der Waals surface area (Å²) >= 11 is 0. The SMILES string of the molecule is CCCCCCCCOCC(COP(=O)(O)OCC[NH+](C)C)OC(=O)CCCCCCC. The Bertz CT molecular complexity index is 491. The van der Waals surface area contributed by atoms with Crippen LogP contribution in [0.4, 0.5) is 0 Å². The molecule has 0 fully saturated rings. The van der Waals surface area contributed by atoms with Gasteiger partial charge in [0.05, 0.1) is 27.3 Å². The van der Waals surface area contributed by atoms with Crippen LogP contribution in [0.1, 0.15) is 90.9 Å². The predicted octanol–water partition coefficient (Wildman–Crippen LogP) is 3.91. The highest BCUT2D eigenvalue weighted by Crippen LogP contribution is 2.43. The Labute approximate surface area is 195 Å². The summed E-state index contributed by atoms with van der Waals surface area (Å²) in [6.45, 7) is 5.49. The number of ether oxygens (including phenoxy) is 2. The molecule has 0 bridgehead atoms. The molecule has 2 N–H and O–H groups in total. The standard InChI is InChI=1S/C23H48NO7P/c1-5-7-9-11-13-15-18-28-20-22(31-23(25)16-14-12-10-8-6-2)21-30-32(26,27)29-19-17-24(3)4/h22H,5-21H2,1-4H3,(H,26,27)/p+1. The van der Waals surface area contributed by atoms with Crippen molar-refractivity contribution >= 4 is 13.8 Å². The van der Waals surface area contributed by atoms with Crippen LogP contribution in [-0.2, 0) is 27.9 Å². The molecule has 8 nitrogen and oxygen atoms in total. The summed E-state index contributed by atoms with van der Waals surface area (Å²) in [5.41, 5.74) is 0. The first-order valence-corrected chi connectivity index (χ1v) is 14.0. The van der Waals surface area contributed by atoms with E-state index in [4.69, 9.17) is 18.5 Å². The van der Waals surface area contributed by atoms with Gasteiger partial charge in [0.25, 0.3) is 0 Å². The van der Waals surface area contributed by atoms with Crippen molar-refractivity contribution in [2.24, 2.45) is 0 Å². The van der Waals surface area contributed by atoms with Crippen LogP contribution in [-0.4, -0.2) is 64.0 Å². The lowest BCUT2D eigenvalue weighted by atomic mass is 10.1. The minimum atomic E-state index is -4.20. The number of esters is 1. The van der Waals surface area contributed by atoms with Crippen molar-refractivity contribution in [3.63, 3.8) is 0 Å². The normalized spacial score (nSPS) is 14.4. The highest BCUT2D eigenvalue weighted by molar-refractivity contribution is 7.47. The van der Waals surface area contributed by atoms with Gasteiger partial charge in [0.15, 0.2) is 0 Å². The Hall–Kier alpha value is -0.500. The van der Waals surface area contributed by atoms with Crippen molar-refractivity contribution in [2.45, 2.75) is 97.0 Å². The lowest BCUT2D eigenvalue weighted by Crippen LogP contribution is -3.06.